The third-order valence-electron chi connectivity index (χ3n) is 3.29. The third-order valence-corrected chi connectivity index (χ3v) is 4.97. The summed E-state index contributed by atoms with van der Waals surface area (Å²) < 4.78 is 27.1. The number of hydrogen-bond donors (Lipinski definition) is 2. The molecule has 0 bridgehead atoms. The molecule has 1 saturated carbocycles. The summed E-state index contributed by atoms with van der Waals surface area (Å²) in [4.78, 5) is 0.700. The van der Waals surface area contributed by atoms with Crippen LogP contribution in [0.4, 0.5) is 0 Å². The van der Waals surface area contributed by atoms with Crippen molar-refractivity contribution in [3.63, 3.8) is 0 Å². The Balaban J connectivity index is 2.09. The van der Waals surface area contributed by atoms with Gasteiger partial charge in [-0.25, -0.2) is 13.1 Å². The summed E-state index contributed by atoms with van der Waals surface area (Å²) in [6, 6.07) is 6.79. The first kappa shape index (κ1) is 14.4. The highest BCUT2D eigenvalue weighted by Crippen LogP contribution is 2.20. The molecule has 0 atom stereocenters. The quantitative estimate of drug-likeness (QED) is 0.812. The molecule has 6 heteroatoms. The predicted molar refractivity (Wildman–Crippen MR) is 79.5 cm³/mol. The molecule has 2 rings (SSSR count). The van der Waals surface area contributed by atoms with Gasteiger partial charge in [0.05, 0.1) is 9.88 Å². The molecule has 0 unspecified atom stereocenters. The maximum absolute atomic E-state index is 12.2. The fourth-order valence-electron chi connectivity index (χ4n) is 2.32. The van der Waals surface area contributed by atoms with Gasteiger partial charge < -0.3 is 5.73 Å². The van der Waals surface area contributed by atoms with Crippen LogP contribution in [0.2, 0.25) is 0 Å². The molecule has 0 heterocycles. The lowest BCUT2D eigenvalue weighted by molar-refractivity contribution is 0.552. The average Bonchev–Trinajstić information content (AvgIpc) is 2.81. The zero-order chi connectivity index (χ0) is 13.9. The summed E-state index contributed by atoms with van der Waals surface area (Å²) in [7, 11) is -3.40. The Morgan fingerprint density at radius 2 is 1.84 bits per heavy atom. The number of rotatable bonds is 5. The van der Waals surface area contributed by atoms with Gasteiger partial charge in [-0.15, -0.1) is 0 Å². The lowest BCUT2D eigenvalue weighted by Crippen LogP contribution is -2.32. The highest BCUT2D eigenvalue weighted by molar-refractivity contribution is 7.89. The Kier molecular flexibility index (Phi) is 4.54. The van der Waals surface area contributed by atoms with E-state index in [-0.39, 0.29) is 6.04 Å². The monoisotopic (exact) mass is 298 g/mol. The van der Waals surface area contributed by atoms with Crippen LogP contribution in [0.15, 0.2) is 29.2 Å². The van der Waals surface area contributed by atoms with Gasteiger partial charge in [-0.1, -0.05) is 37.2 Å². The Bertz CT molecular complexity index is 547. The van der Waals surface area contributed by atoms with Crippen molar-refractivity contribution in [2.75, 3.05) is 0 Å². The Labute approximate surface area is 119 Å². The van der Waals surface area contributed by atoms with E-state index in [1.807, 2.05) is 0 Å². The maximum Gasteiger partial charge on any atom is 0.240 e. The topological polar surface area (TPSA) is 72.2 Å². The van der Waals surface area contributed by atoms with Crippen molar-refractivity contribution < 1.29 is 8.42 Å². The van der Waals surface area contributed by atoms with E-state index in [0.29, 0.717) is 16.3 Å². The number of hydrogen-bond acceptors (Lipinski definition) is 3. The number of nitrogens with two attached hydrogens (primary N) is 1. The third kappa shape index (κ3) is 3.99. The summed E-state index contributed by atoms with van der Waals surface area (Å²) in [5.74, 6) is 0. The normalized spacial score (nSPS) is 16.6. The molecular weight excluding hydrogens is 280 g/mol. The first-order valence-corrected chi connectivity index (χ1v) is 8.26. The molecule has 1 aromatic rings. The van der Waals surface area contributed by atoms with Crippen molar-refractivity contribution in [2.24, 2.45) is 5.73 Å². The summed E-state index contributed by atoms with van der Waals surface area (Å²) >= 11 is 4.83. The van der Waals surface area contributed by atoms with Crippen molar-refractivity contribution in [1.29, 1.82) is 0 Å². The van der Waals surface area contributed by atoms with E-state index in [2.05, 4.69) is 4.72 Å². The highest BCUT2D eigenvalue weighted by Gasteiger charge is 2.22. The van der Waals surface area contributed by atoms with Crippen LogP contribution in [-0.4, -0.2) is 19.4 Å². The minimum atomic E-state index is -3.40. The first-order valence-electron chi connectivity index (χ1n) is 6.37. The van der Waals surface area contributed by atoms with Crippen LogP contribution in [0.1, 0.15) is 31.2 Å². The van der Waals surface area contributed by atoms with Crippen molar-refractivity contribution in [3.05, 3.63) is 29.8 Å². The van der Waals surface area contributed by atoms with Crippen molar-refractivity contribution in [1.82, 2.24) is 4.72 Å². The van der Waals surface area contributed by atoms with Gasteiger partial charge >= 0.3 is 0 Å². The fourth-order valence-corrected chi connectivity index (χ4v) is 3.79. The molecule has 4 nitrogen and oxygen atoms in total. The Morgan fingerprint density at radius 3 is 2.37 bits per heavy atom. The molecule has 104 valence electrons. The molecule has 19 heavy (non-hydrogen) atoms. The molecule has 0 aliphatic heterocycles. The zero-order valence-corrected chi connectivity index (χ0v) is 12.3. The van der Waals surface area contributed by atoms with E-state index in [1.165, 1.54) is 0 Å². The SMILES string of the molecule is NC(=S)Cc1ccc(S(=O)(=O)NC2CCCC2)cc1. The molecule has 1 aromatic carbocycles. The second-order valence-corrected chi connectivity index (χ2v) is 7.13. The molecule has 1 fully saturated rings. The van der Waals surface area contributed by atoms with Crippen molar-refractivity contribution >= 4 is 27.2 Å². The van der Waals surface area contributed by atoms with Gasteiger partial charge in [-0.2, -0.15) is 0 Å². The summed E-state index contributed by atoms with van der Waals surface area (Å²) in [6.45, 7) is 0. The number of nitrogens with one attached hydrogen (secondary N) is 1. The molecular formula is C13H18N2O2S2. The molecule has 0 radical (unpaired) electrons. The summed E-state index contributed by atoms with van der Waals surface area (Å²) in [6.07, 6.45) is 4.55. The van der Waals surface area contributed by atoms with Crippen LogP contribution >= 0.6 is 12.2 Å². The van der Waals surface area contributed by atoms with Crippen molar-refractivity contribution in [3.8, 4) is 0 Å². The summed E-state index contributed by atoms with van der Waals surface area (Å²) in [5.41, 5.74) is 6.38. The van der Waals surface area contributed by atoms with E-state index < -0.39 is 10.0 Å². The van der Waals surface area contributed by atoms with Gasteiger partial charge in [-0.3, -0.25) is 0 Å². The molecule has 0 amide bonds. The zero-order valence-electron chi connectivity index (χ0n) is 10.6. The van der Waals surface area contributed by atoms with E-state index in [4.69, 9.17) is 18.0 Å². The molecule has 0 spiro atoms. The fraction of sp³-hybridized carbons (Fsp3) is 0.462. The van der Waals surface area contributed by atoms with E-state index in [0.717, 1.165) is 31.2 Å². The second kappa shape index (κ2) is 5.98. The summed E-state index contributed by atoms with van der Waals surface area (Å²) in [5, 5.41) is 0. The highest BCUT2D eigenvalue weighted by atomic mass is 32.2. The van der Waals surface area contributed by atoms with Gasteiger partial charge in [0, 0.05) is 12.5 Å². The lowest BCUT2D eigenvalue weighted by Gasteiger charge is -2.12. The smallest absolute Gasteiger partial charge is 0.240 e. The second-order valence-electron chi connectivity index (χ2n) is 4.89. The van der Waals surface area contributed by atoms with Gasteiger partial charge in [-0.05, 0) is 30.5 Å². The first-order chi connectivity index (χ1) is 8.97. The van der Waals surface area contributed by atoms with E-state index in [9.17, 15) is 8.42 Å². The number of thiocarbonyl (C=S) groups is 1. The van der Waals surface area contributed by atoms with Crippen LogP contribution in [0, 0.1) is 0 Å². The molecule has 0 aromatic heterocycles. The van der Waals surface area contributed by atoms with E-state index in [1.54, 1.807) is 24.3 Å². The standard InChI is InChI=1S/C13H18N2O2S2/c14-13(18)9-10-5-7-12(8-6-10)19(16,17)15-11-3-1-2-4-11/h5-8,11,15H,1-4,9H2,(H2,14,18). The van der Waals surface area contributed by atoms with Crippen LogP contribution in [0.5, 0.6) is 0 Å². The largest absolute Gasteiger partial charge is 0.393 e. The van der Waals surface area contributed by atoms with Gasteiger partial charge in [0.25, 0.3) is 0 Å². The number of benzene rings is 1. The predicted octanol–water partition coefficient (Wildman–Crippen LogP) is 1.74. The molecule has 3 N–H and O–H groups in total. The van der Waals surface area contributed by atoms with Crippen LogP contribution in [-0.2, 0) is 16.4 Å². The number of sulfonamides is 1. The molecule has 1 aliphatic carbocycles. The average molecular weight is 298 g/mol. The minimum Gasteiger partial charge on any atom is -0.393 e. The van der Waals surface area contributed by atoms with Gasteiger partial charge in [0.1, 0.15) is 0 Å². The van der Waals surface area contributed by atoms with Gasteiger partial charge in [0.2, 0.25) is 10.0 Å². The van der Waals surface area contributed by atoms with Crippen LogP contribution in [0.25, 0.3) is 0 Å². The maximum atomic E-state index is 12.2. The Hall–Kier alpha value is -0.980. The molecule has 0 saturated heterocycles. The van der Waals surface area contributed by atoms with Crippen molar-refractivity contribution in [2.45, 2.75) is 43.0 Å². The molecule has 1 aliphatic rings. The van der Waals surface area contributed by atoms with Crippen LogP contribution < -0.4 is 10.5 Å². The Morgan fingerprint density at radius 1 is 1.26 bits per heavy atom. The van der Waals surface area contributed by atoms with Crippen LogP contribution in [0.3, 0.4) is 0 Å². The lowest BCUT2D eigenvalue weighted by atomic mass is 10.1. The minimum absolute atomic E-state index is 0.0845. The van der Waals surface area contributed by atoms with Gasteiger partial charge in [0.15, 0.2) is 0 Å². The van der Waals surface area contributed by atoms with E-state index >= 15 is 0 Å².